The summed E-state index contributed by atoms with van der Waals surface area (Å²) in [4.78, 5) is 10.8. The Morgan fingerprint density at radius 1 is 1.55 bits per heavy atom. The Kier molecular flexibility index (Phi) is 2.88. The van der Waals surface area contributed by atoms with Crippen LogP contribution in [0.4, 0.5) is 0 Å². The summed E-state index contributed by atoms with van der Waals surface area (Å²) in [5.74, 6) is 0.275. The van der Waals surface area contributed by atoms with Crippen molar-refractivity contribution in [2.75, 3.05) is 13.2 Å². The summed E-state index contributed by atoms with van der Waals surface area (Å²) in [5, 5.41) is 0. The molecule has 3 heteroatoms. The van der Waals surface area contributed by atoms with Gasteiger partial charge in [-0.25, -0.2) is 0 Å². The van der Waals surface area contributed by atoms with Crippen LogP contribution in [0.15, 0.2) is 0 Å². The molecular formula is C8H15NO2. The lowest BCUT2D eigenvalue weighted by molar-refractivity contribution is -0.123. The van der Waals surface area contributed by atoms with Crippen molar-refractivity contribution in [2.45, 2.75) is 19.8 Å². The third-order valence-electron chi connectivity index (χ3n) is 2.42. The van der Waals surface area contributed by atoms with Crippen molar-refractivity contribution >= 4 is 5.91 Å². The molecule has 1 unspecified atom stereocenters. The van der Waals surface area contributed by atoms with Gasteiger partial charge in [-0.3, -0.25) is 4.79 Å². The zero-order valence-electron chi connectivity index (χ0n) is 6.88. The van der Waals surface area contributed by atoms with E-state index >= 15 is 0 Å². The quantitative estimate of drug-likeness (QED) is 0.635. The predicted octanol–water partition coefficient (Wildman–Crippen LogP) is 0.534. The summed E-state index contributed by atoms with van der Waals surface area (Å²) in [7, 11) is 0. The van der Waals surface area contributed by atoms with Gasteiger partial charge in [-0.1, -0.05) is 6.92 Å². The van der Waals surface area contributed by atoms with Crippen molar-refractivity contribution in [3.8, 4) is 0 Å². The summed E-state index contributed by atoms with van der Waals surface area (Å²) >= 11 is 0. The first kappa shape index (κ1) is 8.53. The minimum absolute atomic E-state index is 0.0129. The Hall–Kier alpha value is -0.570. The van der Waals surface area contributed by atoms with Gasteiger partial charge in [-0.05, 0) is 18.8 Å². The molecule has 1 fully saturated rings. The van der Waals surface area contributed by atoms with Crippen molar-refractivity contribution in [3.63, 3.8) is 0 Å². The molecule has 11 heavy (non-hydrogen) atoms. The van der Waals surface area contributed by atoms with E-state index in [0.717, 1.165) is 26.1 Å². The second-order valence-corrected chi connectivity index (χ2v) is 3.14. The number of ether oxygens (including phenoxy) is 1. The molecule has 1 rings (SSSR count). The summed E-state index contributed by atoms with van der Waals surface area (Å²) in [6.07, 6.45) is 1.95. The van der Waals surface area contributed by atoms with Crippen LogP contribution in [0.1, 0.15) is 19.8 Å². The first-order valence-electron chi connectivity index (χ1n) is 4.09. The summed E-state index contributed by atoms with van der Waals surface area (Å²) in [6, 6.07) is 0. The zero-order chi connectivity index (χ0) is 8.27. The maximum atomic E-state index is 10.8. The van der Waals surface area contributed by atoms with Crippen molar-refractivity contribution < 1.29 is 9.53 Å². The van der Waals surface area contributed by atoms with Gasteiger partial charge in [-0.15, -0.1) is 0 Å². The average Bonchev–Trinajstić information content (AvgIpc) is 2.05. The van der Waals surface area contributed by atoms with Crippen LogP contribution in [0.25, 0.3) is 0 Å². The number of primary amides is 1. The van der Waals surface area contributed by atoms with Crippen LogP contribution in [0.5, 0.6) is 0 Å². The number of nitrogens with two attached hydrogens (primary N) is 1. The first-order chi connectivity index (χ1) is 5.22. The van der Waals surface area contributed by atoms with E-state index in [2.05, 4.69) is 0 Å². The largest absolute Gasteiger partial charge is 0.381 e. The van der Waals surface area contributed by atoms with E-state index in [1.807, 2.05) is 6.92 Å². The van der Waals surface area contributed by atoms with E-state index in [4.69, 9.17) is 10.5 Å². The Morgan fingerprint density at radius 2 is 2.09 bits per heavy atom. The SMILES string of the molecule is CC(C(N)=O)C1CCOCC1. The highest BCUT2D eigenvalue weighted by molar-refractivity contribution is 5.76. The molecule has 64 valence electrons. The molecule has 0 saturated carbocycles. The lowest BCUT2D eigenvalue weighted by atomic mass is 9.87. The number of hydrogen-bond donors (Lipinski definition) is 1. The third kappa shape index (κ3) is 2.19. The molecule has 2 N–H and O–H groups in total. The summed E-state index contributed by atoms with van der Waals surface area (Å²) < 4.78 is 5.18. The summed E-state index contributed by atoms with van der Waals surface area (Å²) in [5.41, 5.74) is 5.19. The Labute approximate surface area is 66.9 Å². The maximum Gasteiger partial charge on any atom is 0.220 e. The van der Waals surface area contributed by atoms with E-state index in [-0.39, 0.29) is 11.8 Å². The van der Waals surface area contributed by atoms with Crippen LogP contribution >= 0.6 is 0 Å². The smallest absolute Gasteiger partial charge is 0.220 e. The first-order valence-corrected chi connectivity index (χ1v) is 4.09. The maximum absolute atomic E-state index is 10.8. The van der Waals surface area contributed by atoms with Crippen LogP contribution < -0.4 is 5.73 Å². The van der Waals surface area contributed by atoms with Gasteiger partial charge in [0.05, 0.1) is 0 Å². The minimum atomic E-state index is -0.183. The van der Waals surface area contributed by atoms with Gasteiger partial charge in [0.1, 0.15) is 0 Å². The number of rotatable bonds is 2. The number of carbonyl (C=O) groups excluding carboxylic acids is 1. The monoisotopic (exact) mass is 157 g/mol. The highest BCUT2D eigenvalue weighted by Crippen LogP contribution is 2.22. The molecule has 3 nitrogen and oxygen atoms in total. The molecule has 0 bridgehead atoms. The molecule has 0 aromatic carbocycles. The highest BCUT2D eigenvalue weighted by Gasteiger charge is 2.23. The minimum Gasteiger partial charge on any atom is -0.381 e. The fraction of sp³-hybridized carbons (Fsp3) is 0.875. The van der Waals surface area contributed by atoms with Gasteiger partial charge in [-0.2, -0.15) is 0 Å². The Balaban J connectivity index is 2.38. The fourth-order valence-corrected chi connectivity index (χ4v) is 1.45. The lowest BCUT2D eigenvalue weighted by Crippen LogP contribution is -2.31. The standard InChI is InChI=1S/C8H15NO2/c1-6(8(9)10)7-2-4-11-5-3-7/h6-7H,2-5H2,1H3,(H2,9,10). The van der Waals surface area contributed by atoms with Gasteiger partial charge in [0.25, 0.3) is 0 Å². The molecule has 1 saturated heterocycles. The molecule has 1 amide bonds. The molecule has 0 aromatic heterocycles. The van der Waals surface area contributed by atoms with Crippen molar-refractivity contribution in [1.29, 1.82) is 0 Å². The second kappa shape index (κ2) is 3.72. The molecule has 1 atom stereocenters. The van der Waals surface area contributed by atoms with Gasteiger partial charge < -0.3 is 10.5 Å². The molecule has 0 aliphatic carbocycles. The van der Waals surface area contributed by atoms with Gasteiger partial charge >= 0.3 is 0 Å². The van der Waals surface area contributed by atoms with E-state index in [0.29, 0.717) is 5.92 Å². The third-order valence-corrected chi connectivity index (χ3v) is 2.42. The van der Waals surface area contributed by atoms with E-state index in [1.165, 1.54) is 0 Å². The van der Waals surface area contributed by atoms with Crippen LogP contribution in [0.3, 0.4) is 0 Å². The normalized spacial score (nSPS) is 23.0. The molecule has 1 aliphatic heterocycles. The van der Waals surface area contributed by atoms with Crippen LogP contribution in [-0.4, -0.2) is 19.1 Å². The molecular weight excluding hydrogens is 142 g/mol. The van der Waals surface area contributed by atoms with Gasteiger partial charge in [0.2, 0.25) is 5.91 Å². The van der Waals surface area contributed by atoms with Gasteiger partial charge in [0.15, 0.2) is 0 Å². The number of hydrogen-bond acceptors (Lipinski definition) is 2. The van der Waals surface area contributed by atoms with Crippen molar-refractivity contribution in [1.82, 2.24) is 0 Å². The molecule has 1 aliphatic rings. The highest BCUT2D eigenvalue weighted by atomic mass is 16.5. The molecule has 1 heterocycles. The summed E-state index contributed by atoms with van der Waals surface area (Å²) in [6.45, 7) is 3.46. The van der Waals surface area contributed by atoms with Gasteiger partial charge in [0, 0.05) is 19.1 Å². The Morgan fingerprint density at radius 3 is 2.55 bits per heavy atom. The molecule has 0 spiro atoms. The van der Waals surface area contributed by atoms with E-state index < -0.39 is 0 Å². The van der Waals surface area contributed by atoms with Crippen molar-refractivity contribution in [3.05, 3.63) is 0 Å². The van der Waals surface area contributed by atoms with Crippen LogP contribution in [-0.2, 0) is 9.53 Å². The van der Waals surface area contributed by atoms with Crippen molar-refractivity contribution in [2.24, 2.45) is 17.6 Å². The fourth-order valence-electron chi connectivity index (χ4n) is 1.45. The van der Waals surface area contributed by atoms with E-state index in [9.17, 15) is 4.79 Å². The molecule has 0 radical (unpaired) electrons. The zero-order valence-corrected chi connectivity index (χ0v) is 6.88. The lowest BCUT2D eigenvalue weighted by Gasteiger charge is -2.25. The average molecular weight is 157 g/mol. The number of amides is 1. The van der Waals surface area contributed by atoms with Crippen LogP contribution in [0, 0.1) is 11.8 Å². The molecule has 0 aromatic rings. The predicted molar refractivity (Wildman–Crippen MR) is 41.9 cm³/mol. The van der Waals surface area contributed by atoms with Crippen LogP contribution in [0.2, 0.25) is 0 Å². The topological polar surface area (TPSA) is 52.3 Å². The number of carbonyl (C=O) groups is 1. The Bertz CT molecular complexity index is 141. The second-order valence-electron chi connectivity index (χ2n) is 3.14. The van der Waals surface area contributed by atoms with E-state index in [1.54, 1.807) is 0 Å².